The van der Waals surface area contributed by atoms with Gasteiger partial charge in [0.1, 0.15) is 0 Å². The molecule has 0 saturated carbocycles. The van der Waals surface area contributed by atoms with Gasteiger partial charge in [0.15, 0.2) is 0 Å². The predicted molar refractivity (Wildman–Crippen MR) is 67.3 cm³/mol. The second-order valence-corrected chi connectivity index (χ2v) is 4.37. The van der Waals surface area contributed by atoms with Crippen LogP contribution >= 0.6 is 0 Å². The van der Waals surface area contributed by atoms with Gasteiger partial charge in [-0.25, -0.2) is 0 Å². The highest BCUT2D eigenvalue weighted by molar-refractivity contribution is 4.65. The van der Waals surface area contributed by atoms with Crippen LogP contribution in [-0.4, -0.2) is 25.3 Å². The molecule has 0 rings (SSSR count). The Labute approximate surface area is 95.8 Å². The number of nitrogens with one attached hydrogen (secondary N) is 1. The van der Waals surface area contributed by atoms with Gasteiger partial charge in [-0.1, -0.05) is 33.6 Å². The Morgan fingerprint density at radius 1 is 1.00 bits per heavy atom. The van der Waals surface area contributed by atoms with Crippen molar-refractivity contribution in [2.45, 2.75) is 71.9 Å². The molecule has 0 aliphatic rings. The van der Waals surface area contributed by atoms with Crippen LogP contribution in [-0.2, 0) is 4.74 Å². The molecule has 0 fully saturated rings. The Bertz CT molecular complexity index is 128. The number of rotatable bonds is 10. The van der Waals surface area contributed by atoms with Crippen molar-refractivity contribution >= 4 is 0 Å². The molecule has 0 aromatic heterocycles. The van der Waals surface area contributed by atoms with E-state index in [1.807, 2.05) is 0 Å². The van der Waals surface area contributed by atoms with Crippen LogP contribution in [0.4, 0.5) is 0 Å². The first-order valence-corrected chi connectivity index (χ1v) is 6.59. The van der Waals surface area contributed by atoms with Crippen LogP contribution in [0.1, 0.15) is 59.8 Å². The number of hydrogen-bond acceptors (Lipinski definition) is 2. The maximum absolute atomic E-state index is 5.83. The van der Waals surface area contributed by atoms with E-state index in [4.69, 9.17) is 4.74 Å². The highest BCUT2D eigenvalue weighted by atomic mass is 16.5. The summed E-state index contributed by atoms with van der Waals surface area (Å²) in [6.45, 7) is 10.8. The molecule has 0 amide bonds. The van der Waals surface area contributed by atoms with Gasteiger partial charge >= 0.3 is 0 Å². The van der Waals surface area contributed by atoms with Crippen LogP contribution in [0.25, 0.3) is 0 Å². The van der Waals surface area contributed by atoms with E-state index in [0.717, 1.165) is 13.2 Å². The van der Waals surface area contributed by atoms with E-state index in [9.17, 15) is 0 Å². The first kappa shape index (κ1) is 14.9. The van der Waals surface area contributed by atoms with E-state index in [-0.39, 0.29) is 0 Å². The van der Waals surface area contributed by atoms with Crippen LogP contribution in [0.5, 0.6) is 0 Å². The summed E-state index contributed by atoms with van der Waals surface area (Å²) < 4.78 is 5.83. The lowest BCUT2D eigenvalue weighted by molar-refractivity contribution is 0.0426. The Kier molecular flexibility index (Phi) is 10.4. The van der Waals surface area contributed by atoms with Crippen molar-refractivity contribution in [3.05, 3.63) is 0 Å². The topological polar surface area (TPSA) is 21.3 Å². The highest BCUT2D eigenvalue weighted by Crippen LogP contribution is 2.04. The third-order valence-electron chi connectivity index (χ3n) is 2.60. The minimum atomic E-state index is 0.415. The maximum atomic E-state index is 5.83. The van der Waals surface area contributed by atoms with Crippen LogP contribution < -0.4 is 5.32 Å². The number of ether oxygens (including phenoxy) is 1. The molecule has 0 aliphatic heterocycles. The minimum absolute atomic E-state index is 0.415. The molecular weight excluding hydrogens is 186 g/mol. The Hall–Kier alpha value is -0.0800. The zero-order valence-electron chi connectivity index (χ0n) is 11.0. The molecule has 92 valence electrons. The molecule has 2 atom stereocenters. The van der Waals surface area contributed by atoms with E-state index in [2.05, 4.69) is 33.0 Å². The van der Waals surface area contributed by atoms with Gasteiger partial charge in [-0.05, 0) is 32.7 Å². The SMILES string of the molecule is CCCNC(CCC)COC(C)CCC. The van der Waals surface area contributed by atoms with Gasteiger partial charge in [-0.3, -0.25) is 0 Å². The lowest BCUT2D eigenvalue weighted by Gasteiger charge is -2.20. The molecular formula is C13H29NO. The highest BCUT2D eigenvalue weighted by Gasteiger charge is 2.08. The van der Waals surface area contributed by atoms with E-state index in [0.29, 0.717) is 12.1 Å². The van der Waals surface area contributed by atoms with Gasteiger partial charge in [-0.15, -0.1) is 0 Å². The Balaban J connectivity index is 3.63. The standard InChI is InChI=1S/C13H29NO/c1-5-8-12(4)15-11-13(9-6-2)14-10-7-3/h12-14H,5-11H2,1-4H3. The van der Waals surface area contributed by atoms with Crippen LogP contribution in [0.2, 0.25) is 0 Å². The van der Waals surface area contributed by atoms with Crippen molar-refractivity contribution in [2.75, 3.05) is 13.2 Å². The second-order valence-electron chi connectivity index (χ2n) is 4.37. The summed E-state index contributed by atoms with van der Waals surface area (Å²) in [6.07, 6.45) is 6.45. The molecule has 0 spiro atoms. The van der Waals surface area contributed by atoms with Crippen LogP contribution in [0.3, 0.4) is 0 Å². The third kappa shape index (κ3) is 8.88. The van der Waals surface area contributed by atoms with Gasteiger partial charge in [0, 0.05) is 6.04 Å². The average molecular weight is 215 g/mol. The molecule has 0 aliphatic carbocycles. The van der Waals surface area contributed by atoms with E-state index in [1.165, 1.54) is 32.1 Å². The normalized spacial score (nSPS) is 15.2. The Morgan fingerprint density at radius 3 is 2.20 bits per heavy atom. The fraction of sp³-hybridized carbons (Fsp3) is 1.00. The molecule has 0 aromatic carbocycles. The van der Waals surface area contributed by atoms with Crippen molar-refractivity contribution in [1.29, 1.82) is 0 Å². The molecule has 2 unspecified atom stereocenters. The zero-order chi connectivity index (χ0) is 11.5. The maximum Gasteiger partial charge on any atom is 0.0623 e. The van der Waals surface area contributed by atoms with Crippen LogP contribution in [0, 0.1) is 0 Å². The average Bonchev–Trinajstić information content (AvgIpc) is 2.22. The van der Waals surface area contributed by atoms with Gasteiger partial charge in [0.05, 0.1) is 12.7 Å². The zero-order valence-corrected chi connectivity index (χ0v) is 11.0. The summed E-state index contributed by atoms with van der Waals surface area (Å²) in [6, 6.07) is 0.550. The van der Waals surface area contributed by atoms with E-state index in [1.54, 1.807) is 0 Å². The van der Waals surface area contributed by atoms with Crippen molar-refractivity contribution in [2.24, 2.45) is 0 Å². The van der Waals surface area contributed by atoms with Crippen molar-refractivity contribution in [1.82, 2.24) is 5.32 Å². The fourth-order valence-corrected chi connectivity index (χ4v) is 1.71. The van der Waals surface area contributed by atoms with Gasteiger partial charge in [0.2, 0.25) is 0 Å². The van der Waals surface area contributed by atoms with E-state index < -0.39 is 0 Å². The summed E-state index contributed by atoms with van der Waals surface area (Å²) in [5, 5.41) is 3.54. The first-order valence-electron chi connectivity index (χ1n) is 6.59. The molecule has 0 heterocycles. The lowest BCUT2D eigenvalue weighted by Crippen LogP contribution is -2.35. The summed E-state index contributed by atoms with van der Waals surface area (Å²) in [5.74, 6) is 0. The number of hydrogen-bond donors (Lipinski definition) is 1. The third-order valence-corrected chi connectivity index (χ3v) is 2.60. The second kappa shape index (κ2) is 10.4. The van der Waals surface area contributed by atoms with Gasteiger partial charge in [-0.2, -0.15) is 0 Å². The van der Waals surface area contributed by atoms with E-state index >= 15 is 0 Å². The molecule has 0 aromatic rings. The summed E-state index contributed by atoms with van der Waals surface area (Å²) >= 11 is 0. The smallest absolute Gasteiger partial charge is 0.0623 e. The van der Waals surface area contributed by atoms with Crippen LogP contribution in [0.15, 0.2) is 0 Å². The largest absolute Gasteiger partial charge is 0.377 e. The first-order chi connectivity index (χ1) is 7.24. The van der Waals surface area contributed by atoms with Crippen molar-refractivity contribution in [3.8, 4) is 0 Å². The lowest BCUT2D eigenvalue weighted by atomic mass is 10.1. The van der Waals surface area contributed by atoms with Crippen molar-refractivity contribution < 1.29 is 4.74 Å². The molecule has 0 bridgehead atoms. The fourth-order valence-electron chi connectivity index (χ4n) is 1.71. The van der Waals surface area contributed by atoms with Gasteiger partial charge in [0.25, 0.3) is 0 Å². The molecule has 15 heavy (non-hydrogen) atoms. The van der Waals surface area contributed by atoms with Crippen molar-refractivity contribution in [3.63, 3.8) is 0 Å². The molecule has 0 saturated heterocycles. The quantitative estimate of drug-likeness (QED) is 0.603. The molecule has 2 heteroatoms. The molecule has 0 radical (unpaired) electrons. The summed E-state index contributed by atoms with van der Waals surface area (Å²) in [5.41, 5.74) is 0. The molecule has 2 nitrogen and oxygen atoms in total. The Morgan fingerprint density at radius 2 is 1.67 bits per heavy atom. The predicted octanol–water partition coefficient (Wildman–Crippen LogP) is 3.36. The molecule has 1 N–H and O–H groups in total. The summed E-state index contributed by atoms with van der Waals surface area (Å²) in [4.78, 5) is 0. The van der Waals surface area contributed by atoms with Gasteiger partial charge < -0.3 is 10.1 Å². The monoisotopic (exact) mass is 215 g/mol. The summed E-state index contributed by atoms with van der Waals surface area (Å²) in [7, 11) is 0. The minimum Gasteiger partial charge on any atom is -0.377 e.